The van der Waals surface area contributed by atoms with Gasteiger partial charge in [0, 0.05) is 35.4 Å². The van der Waals surface area contributed by atoms with Crippen molar-refractivity contribution in [3.05, 3.63) is 122 Å². The normalized spacial score (nSPS) is 10.7. The van der Waals surface area contributed by atoms with E-state index in [1.807, 2.05) is 89.9 Å². The van der Waals surface area contributed by atoms with E-state index in [1.165, 1.54) is 0 Å². The van der Waals surface area contributed by atoms with Crippen LogP contribution < -0.4 is 4.90 Å². The van der Waals surface area contributed by atoms with Crippen molar-refractivity contribution in [1.29, 1.82) is 0 Å². The summed E-state index contributed by atoms with van der Waals surface area (Å²) in [5.41, 5.74) is 5.12. The summed E-state index contributed by atoms with van der Waals surface area (Å²) in [6.07, 6.45) is 3.81. The molecule has 0 aliphatic rings. The number of nitrogens with zero attached hydrogens (tertiary/aromatic N) is 4. The van der Waals surface area contributed by atoms with Gasteiger partial charge in [-0.15, -0.1) is 5.10 Å². The first kappa shape index (κ1) is 17.9. The largest absolute Gasteiger partial charge is 0.294 e. The number of hydrogen-bond donors (Lipinski definition) is 0. The lowest BCUT2D eigenvalue weighted by atomic mass is 10.1. The Morgan fingerprint density at radius 3 is 2.13 bits per heavy atom. The van der Waals surface area contributed by atoms with Gasteiger partial charge in [0.1, 0.15) is 0 Å². The number of benzene rings is 3. The van der Waals surface area contributed by atoms with Gasteiger partial charge in [-0.25, -0.2) is 4.68 Å². The van der Waals surface area contributed by atoms with Crippen LogP contribution in [-0.4, -0.2) is 14.8 Å². The second-order valence-electron chi connectivity index (χ2n) is 6.89. The first-order valence-corrected chi connectivity index (χ1v) is 9.86. The van der Waals surface area contributed by atoms with E-state index in [2.05, 4.69) is 46.3 Å². The first-order chi connectivity index (χ1) is 14.9. The van der Waals surface area contributed by atoms with Crippen molar-refractivity contribution in [1.82, 2.24) is 14.8 Å². The smallest absolute Gasteiger partial charge is 0.160 e. The molecule has 4 nitrogen and oxygen atoms in total. The third-order valence-electron chi connectivity index (χ3n) is 4.90. The summed E-state index contributed by atoms with van der Waals surface area (Å²) in [6.45, 7) is 0. The zero-order chi connectivity index (χ0) is 20.2. The van der Waals surface area contributed by atoms with Crippen molar-refractivity contribution in [3.63, 3.8) is 0 Å². The van der Waals surface area contributed by atoms with Crippen LogP contribution in [-0.2, 0) is 0 Å². The van der Waals surface area contributed by atoms with Crippen LogP contribution >= 0.6 is 0 Å². The molecule has 0 aliphatic carbocycles. The van der Waals surface area contributed by atoms with Crippen LogP contribution in [0.25, 0.3) is 16.9 Å². The molecule has 0 unspecified atom stereocenters. The van der Waals surface area contributed by atoms with Gasteiger partial charge in [-0.2, -0.15) is 0 Å². The van der Waals surface area contributed by atoms with E-state index in [4.69, 9.17) is 5.10 Å². The molecule has 0 amide bonds. The molecule has 2 aromatic heterocycles. The summed E-state index contributed by atoms with van der Waals surface area (Å²) >= 11 is 0. The summed E-state index contributed by atoms with van der Waals surface area (Å²) in [7, 11) is 0. The fourth-order valence-corrected chi connectivity index (χ4v) is 3.49. The molecule has 0 saturated carbocycles. The Kier molecular flexibility index (Phi) is 4.80. The molecule has 0 N–H and O–H groups in total. The van der Waals surface area contributed by atoms with E-state index in [0.717, 1.165) is 34.1 Å². The zero-order valence-electron chi connectivity index (χ0n) is 16.3. The zero-order valence-corrected chi connectivity index (χ0v) is 16.3. The topological polar surface area (TPSA) is 34.0 Å². The average Bonchev–Trinajstić information content (AvgIpc) is 3.31. The summed E-state index contributed by atoms with van der Waals surface area (Å²) in [5, 5.41) is 4.86. The standard InChI is InChI=1S/C26H20N4/c1-3-11-22(12-4-1)29-19-17-26(28-29)30(23-13-5-2-6-14-23)24-15-9-10-21(20-24)25-16-7-8-18-27-25/h1-20H. The van der Waals surface area contributed by atoms with Gasteiger partial charge in [-0.1, -0.05) is 54.6 Å². The highest BCUT2D eigenvalue weighted by atomic mass is 15.3. The molecule has 5 aromatic rings. The van der Waals surface area contributed by atoms with Crippen LogP contribution in [0.1, 0.15) is 0 Å². The van der Waals surface area contributed by atoms with Crippen molar-refractivity contribution >= 4 is 17.2 Å². The molecule has 0 bridgehead atoms. The second-order valence-corrected chi connectivity index (χ2v) is 6.89. The molecule has 0 saturated heterocycles. The van der Waals surface area contributed by atoms with E-state index in [-0.39, 0.29) is 0 Å². The van der Waals surface area contributed by atoms with Crippen molar-refractivity contribution < 1.29 is 0 Å². The van der Waals surface area contributed by atoms with Crippen LogP contribution in [0.15, 0.2) is 122 Å². The number of rotatable bonds is 5. The lowest BCUT2D eigenvalue weighted by molar-refractivity contribution is 0.876. The van der Waals surface area contributed by atoms with E-state index >= 15 is 0 Å². The number of pyridine rings is 1. The fourth-order valence-electron chi connectivity index (χ4n) is 3.49. The Labute approximate surface area is 175 Å². The number of hydrogen-bond acceptors (Lipinski definition) is 3. The van der Waals surface area contributed by atoms with Gasteiger partial charge in [0.25, 0.3) is 0 Å². The Balaban J connectivity index is 1.60. The van der Waals surface area contributed by atoms with Gasteiger partial charge in [0.2, 0.25) is 0 Å². The fraction of sp³-hybridized carbons (Fsp3) is 0. The number of para-hydroxylation sites is 2. The third kappa shape index (κ3) is 3.59. The molecule has 5 rings (SSSR count). The van der Waals surface area contributed by atoms with Crippen LogP contribution in [0.3, 0.4) is 0 Å². The van der Waals surface area contributed by atoms with E-state index in [9.17, 15) is 0 Å². The van der Waals surface area contributed by atoms with Crippen LogP contribution in [0, 0.1) is 0 Å². The lowest BCUT2D eigenvalue weighted by Crippen LogP contribution is -2.11. The first-order valence-electron chi connectivity index (χ1n) is 9.86. The van der Waals surface area contributed by atoms with Gasteiger partial charge < -0.3 is 0 Å². The highest BCUT2D eigenvalue weighted by Gasteiger charge is 2.16. The molecular formula is C26H20N4. The molecule has 0 aliphatic heterocycles. The molecule has 0 radical (unpaired) electrons. The van der Waals surface area contributed by atoms with Crippen molar-refractivity contribution in [2.24, 2.45) is 0 Å². The monoisotopic (exact) mass is 388 g/mol. The maximum atomic E-state index is 4.86. The van der Waals surface area contributed by atoms with Crippen LogP contribution in [0.4, 0.5) is 17.2 Å². The molecule has 30 heavy (non-hydrogen) atoms. The highest BCUT2D eigenvalue weighted by Crippen LogP contribution is 2.35. The minimum absolute atomic E-state index is 0.850. The van der Waals surface area contributed by atoms with Crippen molar-refractivity contribution in [3.8, 4) is 16.9 Å². The van der Waals surface area contributed by atoms with Gasteiger partial charge in [-0.05, 0) is 48.5 Å². The average molecular weight is 388 g/mol. The highest BCUT2D eigenvalue weighted by molar-refractivity contribution is 5.77. The molecule has 2 heterocycles. The number of aromatic nitrogens is 3. The summed E-state index contributed by atoms with van der Waals surface area (Å²) < 4.78 is 1.90. The molecule has 0 fully saturated rings. The number of anilines is 3. The Hall–Kier alpha value is -4.18. The Bertz CT molecular complexity index is 1230. The minimum Gasteiger partial charge on any atom is -0.294 e. The van der Waals surface area contributed by atoms with Crippen LogP contribution in [0.2, 0.25) is 0 Å². The molecule has 0 spiro atoms. The molecular weight excluding hydrogens is 368 g/mol. The van der Waals surface area contributed by atoms with Gasteiger partial charge in [-0.3, -0.25) is 9.88 Å². The van der Waals surface area contributed by atoms with Crippen LogP contribution in [0.5, 0.6) is 0 Å². The van der Waals surface area contributed by atoms with Gasteiger partial charge >= 0.3 is 0 Å². The van der Waals surface area contributed by atoms with Crippen molar-refractivity contribution in [2.75, 3.05) is 4.90 Å². The van der Waals surface area contributed by atoms with E-state index in [1.54, 1.807) is 0 Å². The maximum Gasteiger partial charge on any atom is 0.160 e. The van der Waals surface area contributed by atoms with Crippen molar-refractivity contribution in [2.45, 2.75) is 0 Å². The second kappa shape index (κ2) is 8.05. The summed E-state index contributed by atoms with van der Waals surface area (Å²) in [5.74, 6) is 0.850. The van der Waals surface area contributed by atoms with Gasteiger partial charge in [0.15, 0.2) is 5.82 Å². The summed E-state index contributed by atoms with van der Waals surface area (Å²) in [6, 6.07) is 36.8. The summed E-state index contributed by atoms with van der Waals surface area (Å²) in [4.78, 5) is 6.66. The van der Waals surface area contributed by atoms with Gasteiger partial charge in [0.05, 0.1) is 11.4 Å². The molecule has 144 valence electrons. The lowest BCUT2D eigenvalue weighted by Gasteiger charge is -2.23. The van der Waals surface area contributed by atoms with E-state index < -0.39 is 0 Å². The molecule has 3 aromatic carbocycles. The third-order valence-corrected chi connectivity index (χ3v) is 4.90. The Morgan fingerprint density at radius 2 is 1.37 bits per heavy atom. The van der Waals surface area contributed by atoms with E-state index in [0.29, 0.717) is 0 Å². The molecule has 0 atom stereocenters. The molecule has 4 heteroatoms. The SMILES string of the molecule is c1ccc(N(c2cccc(-c3ccccn3)c2)c2ccn(-c3ccccc3)n2)cc1. The quantitative estimate of drug-likeness (QED) is 0.349. The minimum atomic E-state index is 0.850. The predicted molar refractivity (Wildman–Crippen MR) is 121 cm³/mol. The Morgan fingerprint density at radius 1 is 0.633 bits per heavy atom. The maximum absolute atomic E-state index is 4.86. The predicted octanol–water partition coefficient (Wildman–Crippen LogP) is 6.40.